The average molecular weight is 703 g/mol. The normalized spacial score (nSPS) is 23.5. The van der Waals surface area contributed by atoms with Gasteiger partial charge in [0, 0.05) is 47.1 Å². The third kappa shape index (κ3) is 9.48. The van der Waals surface area contributed by atoms with Crippen molar-refractivity contribution in [3.8, 4) is 27.3 Å². The van der Waals surface area contributed by atoms with Gasteiger partial charge in [0.1, 0.15) is 5.75 Å². The van der Waals surface area contributed by atoms with Crippen LogP contribution in [0.25, 0.3) is 9.75 Å². The molecule has 0 bridgehead atoms. The molecule has 6 N–H and O–H groups in total. The van der Waals surface area contributed by atoms with Gasteiger partial charge in [-0.1, -0.05) is 38.5 Å². The second-order valence-corrected chi connectivity index (χ2v) is 16.5. The molecule has 1 spiro atoms. The van der Waals surface area contributed by atoms with E-state index in [1.165, 1.54) is 32.1 Å². The smallest absolute Gasteiger partial charge is 0.188 e. The van der Waals surface area contributed by atoms with E-state index in [4.69, 9.17) is 5.73 Å². The molecule has 0 unspecified atom stereocenters. The van der Waals surface area contributed by atoms with Crippen LogP contribution in [0.2, 0.25) is 0 Å². The number of ketones is 1. The molecule has 9 heteroatoms. The summed E-state index contributed by atoms with van der Waals surface area (Å²) in [6.07, 6.45) is 11.3. The van der Waals surface area contributed by atoms with Crippen LogP contribution in [0.4, 0.5) is 5.69 Å². The van der Waals surface area contributed by atoms with Gasteiger partial charge in [-0.3, -0.25) is 9.79 Å². The number of aromatic hydroxyl groups is 1. The topological polar surface area (TPSA) is 120 Å². The van der Waals surface area contributed by atoms with Crippen molar-refractivity contribution in [2.75, 3.05) is 18.9 Å². The van der Waals surface area contributed by atoms with E-state index < -0.39 is 6.10 Å². The lowest BCUT2D eigenvalue weighted by Gasteiger charge is -2.47. The van der Waals surface area contributed by atoms with E-state index >= 15 is 0 Å². The number of anilines is 1. The number of carbonyl (C=O) groups excluding carboxylic acids is 1. The van der Waals surface area contributed by atoms with Crippen LogP contribution in [0.1, 0.15) is 105 Å². The molecule has 7 nitrogen and oxygen atoms in total. The summed E-state index contributed by atoms with van der Waals surface area (Å²) in [4.78, 5) is 23.0. The molecule has 0 saturated heterocycles. The molecule has 0 amide bonds. The second-order valence-electron chi connectivity index (χ2n) is 14.3. The van der Waals surface area contributed by atoms with Gasteiger partial charge in [0.2, 0.25) is 0 Å². The van der Waals surface area contributed by atoms with Crippen molar-refractivity contribution >= 4 is 40.1 Å². The number of aliphatic hydroxyl groups excluding tert-OH is 1. The molecule has 2 heterocycles. The fourth-order valence-corrected chi connectivity index (χ4v) is 10.3. The maximum atomic E-state index is 14.5. The molecule has 6 atom stereocenters. The molecular formula is C40H54N4O3S2. The number of aliphatic hydroxyl groups is 1. The van der Waals surface area contributed by atoms with Crippen LogP contribution in [0.3, 0.4) is 0 Å². The van der Waals surface area contributed by atoms with Crippen molar-refractivity contribution in [3.05, 3.63) is 57.8 Å². The number of nitrogens with zero attached hydrogens (tertiary/aromatic N) is 1. The molecule has 49 heavy (non-hydrogen) atoms. The van der Waals surface area contributed by atoms with Gasteiger partial charge in [-0.05, 0) is 118 Å². The van der Waals surface area contributed by atoms with E-state index in [1.54, 1.807) is 42.7 Å². The molecule has 2 aliphatic rings. The van der Waals surface area contributed by atoms with Gasteiger partial charge < -0.3 is 26.6 Å². The Morgan fingerprint density at radius 3 is 2.65 bits per heavy atom. The molecule has 0 aliphatic heterocycles. The summed E-state index contributed by atoms with van der Waals surface area (Å²) >= 11 is 3.31. The Labute approximate surface area is 300 Å². The lowest BCUT2D eigenvalue weighted by molar-refractivity contribution is 0.0387. The van der Waals surface area contributed by atoms with E-state index in [9.17, 15) is 15.0 Å². The van der Waals surface area contributed by atoms with Crippen LogP contribution < -0.4 is 16.4 Å². The van der Waals surface area contributed by atoms with E-state index in [0.717, 1.165) is 62.9 Å². The Hall–Kier alpha value is -3.32. The summed E-state index contributed by atoms with van der Waals surface area (Å²) in [7, 11) is 1.70. The maximum Gasteiger partial charge on any atom is 0.188 e. The van der Waals surface area contributed by atoms with Gasteiger partial charge in [-0.25, -0.2) is 0 Å². The highest BCUT2D eigenvalue weighted by Gasteiger charge is 2.52. The lowest BCUT2D eigenvalue weighted by atomic mass is 9.58. The third-order valence-corrected chi connectivity index (χ3v) is 12.9. The third-order valence-electron chi connectivity index (χ3n) is 10.6. The first-order valence-electron chi connectivity index (χ1n) is 18.0. The Morgan fingerprint density at radius 2 is 1.90 bits per heavy atom. The predicted molar refractivity (Wildman–Crippen MR) is 206 cm³/mol. The number of Topliss-reactive ketones (excluding diaryl/α,β-unsaturated/α-hetero) is 1. The molecule has 2 aromatic heterocycles. The monoisotopic (exact) mass is 702 g/mol. The lowest BCUT2D eigenvalue weighted by Crippen LogP contribution is -2.50. The minimum atomic E-state index is -0.503. The van der Waals surface area contributed by atoms with E-state index in [-0.39, 0.29) is 29.0 Å². The van der Waals surface area contributed by atoms with Gasteiger partial charge in [-0.15, -0.1) is 28.6 Å². The number of benzene rings is 1. The molecule has 5 rings (SSSR count). The number of unbranched alkanes of at least 4 members (excludes halogenated alkanes) is 2. The fourth-order valence-electron chi connectivity index (χ4n) is 8.35. The number of hydrogen-bond acceptors (Lipinski definition) is 7. The van der Waals surface area contributed by atoms with Crippen LogP contribution in [0, 0.1) is 35.0 Å². The number of hydrogen-bond donors (Lipinski definition) is 5. The molecule has 2 aliphatic carbocycles. The molecule has 264 valence electrons. The van der Waals surface area contributed by atoms with Crippen LogP contribution in [0.15, 0.2) is 47.5 Å². The quantitative estimate of drug-likeness (QED) is 0.0378. The first kappa shape index (κ1) is 36.9. The number of aliphatic imine (C=N–C) groups is 1. The van der Waals surface area contributed by atoms with Crippen LogP contribution in [-0.2, 0) is 6.42 Å². The number of rotatable bonds is 14. The summed E-state index contributed by atoms with van der Waals surface area (Å²) < 4.78 is 0. The standard InChI is InChI=1S/C40H54N4O3S2/c1-5-7-8-10-27-17-18-40(23-27)24-29(34(44-39(41)42-4)21-28-19-30(22-31(46)20-28)43-25-26(3)45)11-13-33(40)38(47)37-16-15-36(49-37)35-14-12-32(48-35)9-6-2/h12,14-16,19-20,22,26-27,29,33-34,43,45-46H,5,7-8,10-11,13,17-18,21,23-25H2,1-4H3,(H3,41,42,44)/t26-,27+,29-,33-,34-,40-/m0/s1. The van der Waals surface area contributed by atoms with Crippen LogP contribution in [-0.4, -0.2) is 47.7 Å². The first-order valence-corrected chi connectivity index (χ1v) is 19.7. The minimum Gasteiger partial charge on any atom is -0.508 e. The Bertz CT molecular complexity index is 1650. The molecule has 1 aromatic carbocycles. The molecule has 2 saturated carbocycles. The summed E-state index contributed by atoms with van der Waals surface area (Å²) in [6.45, 7) is 6.25. The highest BCUT2D eigenvalue weighted by Crippen LogP contribution is 2.58. The largest absolute Gasteiger partial charge is 0.508 e. The zero-order valence-electron chi connectivity index (χ0n) is 29.6. The van der Waals surface area contributed by atoms with E-state index in [0.29, 0.717) is 30.6 Å². The van der Waals surface area contributed by atoms with E-state index in [1.807, 2.05) is 19.1 Å². The summed E-state index contributed by atoms with van der Waals surface area (Å²) in [5.74, 6) is 8.00. The van der Waals surface area contributed by atoms with Gasteiger partial charge in [0.05, 0.1) is 15.9 Å². The predicted octanol–water partition coefficient (Wildman–Crippen LogP) is 8.46. The Kier molecular flexibility index (Phi) is 12.9. The number of phenolic OH excluding ortho intramolecular Hbond substituents is 1. The van der Waals surface area contributed by atoms with Gasteiger partial charge in [-0.2, -0.15) is 0 Å². The van der Waals surface area contributed by atoms with Gasteiger partial charge in [0.25, 0.3) is 0 Å². The number of nitrogens with two attached hydrogens (primary N) is 1. The minimum absolute atomic E-state index is 0.00484. The maximum absolute atomic E-state index is 14.5. The highest BCUT2D eigenvalue weighted by atomic mass is 32.1. The first-order chi connectivity index (χ1) is 23.6. The van der Waals surface area contributed by atoms with Gasteiger partial charge >= 0.3 is 0 Å². The van der Waals surface area contributed by atoms with Crippen molar-refractivity contribution < 1.29 is 15.0 Å². The van der Waals surface area contributed by atoms with Crippen molar-refractivity contribution in [2.45, 2.75) is 104 Å². The summed E-state index contributed by atoms with van der Waals surface area (Å²) in [6, 6.07) is 13.9. The number of phenols is 1. The van der Waals surface area contributed by atoms with Crippen molar-refractivity contribution in [3.63, 3.8) is 0 Å². The van der Waals surface area contributed by atoms with Crippen LogP contribution in [0.5, 0.6) is 5.75 Å². The van der Waals surface area contributed by atoms with Crippen LogP contribution >= 0.6 is 22.7 Å². The number of nitrogens with one attached hydrogen (secondary N) is 2. The molecule has 0 radical (unpaired) electrons. The number of guanidine groups is 1. The molecular weight excluding hydrogens is 649 g/mol. The van der Waals surface area contributed by atoms with E-state index in [2.05, 4.69) is 58.7 Å². The Morgan fingerprint density at radius 1 is 1.10 bits per heavy atom. The highest BCUT2D eigenvalue weighted by molar-refractivity contribution is 7.23. The van der Waals surface area contributed by atoms with Crippen molar-refractivity contribution in [1.82, 2.24) is 5.32 Å². The summed E-state index contributed by atoms with van der Waals surface area (Å²) in [5, 5.41) is 27.1. The second kappa shape index (κ2) is 17.1. The van der Waals surface area contributed by atoms with Crippen molar-refractivity contribution in [1.29, 1.82) is 0 Å². The Balaban J connectivity index is 1.40. The number of carbonyl (C=O) groups is 1. The zero-order valence-corrected chi connectivity index (χ0v) is 31.2. The fraction of sp³-hybridized carbons (Fsp3) is 0.550. The number of thiophene rings is 2. The average Bonchev–Trinajstić information content (AvgIpc) is 3.84. The molecule has 2 fully saturated rings. The summed E-state index contributed by atoms with van der Waals surface area (Å²) in [5.41, 5.74) is 8.03. The SMILES string of the molecule is CC#Cc1ccc(-c2ccc(C(=O)[C@@H]3CC[C@H]([C@H](Cc4cc(O)cc(NC[C@H](C)O)c4)NC(N)=NC)C[C@@]34CC[C@@H](CCCCC)C4)s2)s1. The molecule has 3 aromatic rings. The van der Waals surface area contributed by atoms with Crippen molar-refractivity contribution in [2.24, 2.45) is 33.9 Å². The zero-order chi connectivity index (χ0) is 35.0. The van der Waals surface area contributed by atoms with Gasteiger partial charge in [0.15, 0.2) is 11.7 Å².